The second-order valence-corrected chi connectivity index (χ2v) is 7.27. The van der Waals surface area contributed by atoms with E-state index in [1.54, 1.807) is 0 Å². The van der Waals surface area contributed by atoms with Crippen molar-refractivity contribution in [3.05, 3.63) is 29.8 Å². The fraction of sp³-hybridized carbons (Fsp3) is 0.500. The van der Waals surface area contributed by atoms with Gasteiger partial charge in [-0.3, -0.25) is 19.3 Å². The van der Waals surface area contributed by atoms with Crippen molar-refractivity contribution in [1.82, 2.24) is 5.32 Å². The Morgan fingerprint density at radius 2 is 1.63 bits per heavy atom. The highest BCUT2D eigenvalue weighted by Crippen LogP contribution is 2.24. The molecule has 1 aliphatic heterocycles. The van der Waals surface area contributed by atoms with Gasteiger partial charge in [-0.25, -0.2) is 4.79 Å². The number of amides is 3. The lowest BCUT2D eigenvalue weighted by molar-refractivity contribution is -0.125. The lowest BCUT2D eigenvalue weighted by atomic mass is 9.87. The van der Waals surface area contributed by atoms with Crippen molar-refractivity contribution < 1.29 is 23.9 Å². The van der Waals surface area contributed by atoms with E-state index in [0.29, 0.717) is 11.6 Å². The minimum Gasteiger partial charge on any atom is -0.452 e. The molecular formula is C20H24N2O5. The van der Waals surface area contributed by atoms with Gasteiger partial charge in [0.2, 0.25) is 11.8 Å². The number of benzene rings is 1. The fourth-order valence-electron chi connectivity index (χ4n) is 3.50. The second-order valence-electron chi connectivity index (χ2n) is 7.27. The third-order valence-corrected chi connectivity index (χ3v) is 5.13. The molecule has 3 amide bonds. The molecule has 0 spiro atoms. The van der Waals surface area contributed by atoms with E-state index in [-0.39, 0.29) is 48.8 Å². The zero-order chi connectivity index (χ0) is 19.4. The zero-order valence-corrected chi connectivity index (χ0v) is 15.4. The Hall–Kier alpha value is -2.70. The zero-order valence-electron chi connectivity index (χ0n) is 15.4. The Morgan fingerprint density at radius 1 is 1.04 bits per heavy atom. The van der Waals surface area contributed by atoms with Crippen molar-refractivity contribution in [2.24, 2.45) is 5.92 Å². The molecule has 0 bridgehead atoms. The van der Waals surface area contributed by atoms with Gasteiger partial charge in [0.25, 0.3) is 5.91 Å². The van der Waals surface area contributed by atoms with Crippen LogP contribution in [0.25, 0.3) is 0 Å². The maximum absolute atomic E-state index is 12.1. The summed E-state index contributed by atoms with van der Waals surface area (Å²) in [7, 11) is 0. The summed E-state index contributed by atoms with van der Waals surface area (Å²) in [4.78, 5) is 48.6. The van der Waals surface area contributed by atoms with Gasteiger partial charge in [0.1, 0.15) is 0 Å². The molecule has 1 aromatic rings. The molecule has 0 unspecified atom stereocenters. The van der Waals surface area contributed by atoms with Gasteiger partial charge in [-0.05, 0) is 55.9 Å². The molecule has 1 N–H and O–H groups in total. The number of nitrogens with zero attached hydrogens (tertiary/aromatic N) is 1. The van der Waals surface area contributed by atoms with Gasteiger partial charge in [-0.15, -0.1) is 0 Å². The number of carbonyl (C=O) groups excluding carboxylic acids is 4. The molecule has 144 valence electrons. The van der Waals surface area contributed by atoms with Crippen LogP contribution in [-0.4, -0.2) is 36.3 Å². The van der Waals surface area contributed by atoms with Crippen LogP contribution in [0.5, 0.6) is 0 Å². The predicted octanol–water partition coefficient (Wildman–Crippen LogP) is 2.19. The van der Waals surface area contributed by atoms with Crippen molar-refractivity contribution in [2.45, 2.75) is 51.5 Å². The summed E-state index contributed by atoms with van der Waals surface area (Å²) >= 11 is 0. The fourth-order valence-corrected chi connectivity index (χ4v) is 3.50. The first-order valence-corrected chi connectivity index (χ1v) is 9.36. The smallest absolute Gasteiger partial charge is 0.338 e. The van der Waals surface area contributed by atoms with Crippen molar-refractivity contribution in [3.63, 3.8) is 0 Å². The van der Waals surface area contributed by atoms with Gasteiger partial charge in [0, 0.05) is 18.9 Å². The van der Waals surface area contributed by atoms with Gasteiger partial charge < -0.3 is 10.1 Å². The number of hydrogen-bond donors (Lipinski definition) is 1. The first-order chi connectivity index (χ1) is 12.9. The van der Waals surface area contributed by atoms with Crippen molar-refractivity contribution >= 4 is 29.4 Å². The highest BCUT2D eigenvalue weighted by atomic mass is 16.5. The van der Waals surface area contributed by atoms with Crippen LogP contribution in [0.1, 0.15) is 55.8 Å². The molecule has 2 fully saturated rings. The summed E-state index contributed by atoms with van der Waals surface area (Å²) < 4.78 is 5.06. The highest BCUT2D eigenvalue weighted by Gasteiger charge is 2.30. The number of carbonyl (C=O) groups is 4. The molecule has 2 aliphatic rings. The number of imide groups is 1. The van der Waals surface area contributed by atoms with Crippen LogP contribution in [0, 0.1) is 5.92 Å². The van der Waals surface area contributed by atoms with E-state index < -0.39 is 5.97 Å². The van der Waals surface area contributed by atoms with E-state index in [1.807, 2.05) is 0 Å². The van der Waals surface area contributed by atoms with Crippen molar-refractivity contribution in [1.29, 1.82) is 0 Å². The maximum atomic E-state index is 12.1. The third kappa shape index (κ3) is 4.72. The molecule has 1 aliphatic carbocycles. The van der Waals surface area contributed by atoms with E-state index in [4.69, 9.17) is 4.74 Å². The first kappa shape index (κ1) is 19.1. The molecule has 0 atom stereocenters. The molecule has 27 heavy (non-hydrogen) atoms. The second kappa shape index (κ2) is 8.33. The number of esters is 1. The van der Waals surface area contributed by atoms with E-state index in [1.165, 1.54) is 24.3 Å². The molecule has 7 nitrogen and oxygen atoms in total. The Balaban J connectivity index is 1.48. The molecule has 1 aromatic carbocycles. The average molecular weight is 372 g/mol. The van der Waals surface area contributed by atoms with Gasteiger partial charge in [0.05, 0.1) is 11.3 Å². The SMILES string of the molecule is CC1CCC(NC(=O)COC(=O)c2ccc(N3C(=O)CCC3=O)cc2)CC1. The van der Waals surface area contributed by atoms with Crippen LogP contribution < -0.4 is 10.2 Å². The number of ether oxygens (including phenoxy) is 1. The minimum atomic E-state index is -0.618. The minimum absolute atomic E-state index is 0.155. The lowest BCUT2D eigenvalue weighted by Gasteiger charge is -2.26. The van der Waals surface area contributed by atoms with E-state index >= 15 is 0 Å². The standard InChI is InChI=1S/C20H24N2O5/c1-13-2-6-15(7-3-13)21-17(23)12-27-20(26)14-4-8-16(9-5-14)22-18(24)10-11-19(22)25/h4-5,8-9,13,15H,2-3,6-7,10-12H2,1H3,(H,21,23). The van der Waals surface area contributed by atoms with E-state index in [0.717, 1.165) is 30.6 Å². The van der Waals surface area contributed by atoms with Gasteiger partial charge >= 0.3 is 5.97 Å². The monoisotopic (exact) mass is 372 g/mol. The summed E-state index contributed by atoms with van der Waals surface area (Å²) in [6, 6.07) is 6.18. The molecule has 1 saturated carbocycles. The van der Waals surface area contributed by atoms with E-state index in [2.05, 4.69) is 12.2 Å². The molecule has 7 heteroatoms. The number of rotatable bonds is 5. The summed E-state index contributed by atoms with van der Waals surface area (Å²) in [6.45, 7) is 1.89. The maximum Gasteiger partial charge on any atom is 0.338 e. The van der Waals surface area contributed by atoms with Crippen LogP contribution in [0.4, 0.5) is 5.69 Å². The third-order valence-electron chi connectivity index (χ3n) is 5.13. The van der Waals surface area contributed by atoms with Gasteiger partial charge in [-0.2, -0.15) is 0 Å². The lowest BCUT2D eigenvalue weighted by Crippen LogP contribution is -2.39. The summed E-state index contributed by atoms with van der Waals surface area (Å²) in [5, 5.41) is 2.90. The Labute approximate surface area is 158 Å². The molecule has 0 radical (unpaired) electrons. The highest BCUT2D eigenvalue weighted by molar-refractivity contribution is 6.19. The predicted molar refractivity (Wildman–Crippen MR) is 98.0 cm³/mol. The van der Waals surface area contributed by atoms with Crippen molar-refractivity contribution in [2.75, 3.05) is 11.5 Å². The van der Waals surface area contributed by atoms with Crippen molar-refractivity contribution in [3.8, 4) is 0 Å². The van der Waals surface area contributed by atoms with Gasteiger partial charge in [-0.1, -0.05) is 6.92 Å². The normalized spacial score (nSPS) is 22.6. The number of nitrogens with one attached hydrogen (secondary N) is 1. The summed E-state index contributed by atoms with van der Waals surface area (Å²) in [5.74, 6) is -0.709. The van der Waals surface area contributed by atoms with Crippen LogP contribution >= 0.6 is 0 Å². The molecule has 1 heterocycles. The van der Waals surface area contributed by atoms with E-state index in [9.17, 15) is 19.2 Å². The molecular weight excluding hydrogens is 348 g/mol. The Kier molecular flexibility index (Phi) is 5.88. The van der Waals surface area contributed by atoms with Crippen LogP contribution in [0.2, 0.25) is 0 Å². The first-order valence-electron chi connectivity index (χ1n) is 9.36. The van der Waals surface area contributed by atoms with Crippen LogP contribution in [0.3, 0.4) is 0 Å². The number of hydrogen-bond acceptors (Lipinski definition) is 5. The van der Waals surface area contributed by atoms with Crippen LogP contribution in [-0.2, 0) is 19.1 Å². The Bertz CT molecular complexity index is 719. The molecule has 1 saturated heterocycles. The number of anilines is 1. The van der Waals surface area contributed by atoms with Gasteiger partial charge in [0.15, 0.2) is 6.61 Å². The summed E-state index contributed by atoms with van der Waals surface area (Å²) in [6.07, 6.45) is 4.51. The summed E-state index contributed by atoms with van der Waals surface area (Å²) in [5.41, 5.74) is 0.695. The molecule has 3 rings (SSSR count). The largest absolute Gasteiger partial charge is 0.452 e. The molecule has 0 aromatic heterocycles. The Morgan fingerprint density at radius 3 is 2.22 bits per heavy atom. The average Bonchev–Trinajstić information content (AvgIpc) is 3.00. The quantitative estimate of drug-likeness (QED) is 0.632. The van der Waals surface area contributed by atoms with Crippen LogP contribution in [0.15, 0.2) is 24.3 Å². The topological polar surface area (TPSA) is 92.8 Å².